The molecule has 0 atom stereocenters. The van der Waals surface area contributed by atoms with Gasteiger partial charge in [0.1, 0.15) is 0 Å². The lowest BCUT2D eigenvalue weighted by molar-refractivity contribution is 1.14. The van der Waals surface area contributed by atoms with Gasteiger partial charge in [0.05, 0.1) is 0 Å². The molecule has 0 aromatic heterocycles. The van der Waals surface area contributed by atoms with Crippen molar-refractivity contribution in [3.8, 4) is 0 Å². The first kappa shape index (κ1) is 10.0. The lowest BCUT2D eigenvalue weighted by atomic mass is 10.00. The molecule has 12 heavy (non-hydrogen) atoms. The summed E-state index contributed by atoms with van der Waals surface area (Å²) in [5, 5.41) is 0. The van der Waals surface area contributed by atoms with Gasteiger partial charge in [0.15, 0.2) is 0 Å². The normalized spacial score (nSPS) is 10.4. The molecule has 1 aromatic rings. The van der Waals surface area contributed by atoms with Crippen LogP contribution in [-0.4, -0.2) is 0 Å². The van der Waals surface area contributed by atoms with E-state index in [-0.39, 0.29) is 0 Å². The van der Waals surface area contributed by atoms with Gasteiger partial charge < -0.3 is 0 Å². The van der Waals surface area contributed by atoms with Gasteiger partial charge in [-0.3, -0.25) is 0 Å². The first-order chi connectivity index (χ1) is 5.57. The van der Waals surface area contributed by atoms with E-state index in [0.29, 0.717) is 0 Å². The minimum Gasteiger partial charge on any atom is -0.175 e. The Hall–Kier alpha value is -0.0800. The van der Waals surface area contributed by atoms with Crippen molar-refractivity contribution in [3.63, 3.8) is 0 Å². The highest BCUT2D eigenvalue weighted by Gasteiger charge is 2.05. The van der Waals surface area contributed by atoms with E-state index < -0.39 is 0 Å². The number of hydrogen-bond acceptors (Lipinski definition) is 2. The minimum atomic E-state index is 0.792. The highest BCUT2D eigenvalue weighted by atomic mass is 32.1. The van der Waals surface area contributed by atoms with Crippen LogP contribution in [0.15, 0.2) is 11.0 Å². The fourth-order valence-corrected chi connectivity index (χ4v) is 1.91. The molecular formula is C10H14S2. The van der Waals surface area contributed by atoms with E-state index in [1.54, 1.807) is 0 Å². The van der Waals surface area contributed by atoms with Crippen LogP contribution in [0.3, 0.4) is 0 Å². The SMILES string of the molecule is Cc1c(S)cc(CS)c(C)c1C. The van der Waals surface area contributed by atoms with Crippen LogP contribution in [0.4, 0.5) is 0 Å². The Bertz CT molecular complexity index is 303. The maximum Gasteiger partial charge on any atom is 0.0157 e. The van der Waals surface area contributed by atoms with Crippen molar-refractivity contribution in [3.05, 3.63) is 28.3 Å². The Morgan fingerprint density at radius 3 is 2.17 bits per heavy atom. The average Bonchev–Trinajstić information content (AvgIpc) is 2.08. The highest BCUT2D eigenvalue weighted by molar-refractivity contribution is 7.80. The summed E-state index contributed by atoms with van der Waals surface area (Å²) in [6, 6.07) is 2.10. The second kappa shape index (κ2) is 3.75. The molecule has 0 saturated heterocycles. The average molecular weight is 198 g/mol. The smallest absolute Gasteiger partial charge is 0.0157 e. The Labute approximate surface area is 85.2 Å². The molecule has 0 heterocycles. The van der Waals surface area contributed by atoms with Gasteiger partial charge in [-0.1, -0.05) is 0 Å². The third-order valence-corrected chi connectivity index (χ3v) is 3.28. The number of rotatable bonds is 1. The molecule has 0 unspecified atom stereocenters. The molecule has 0 radical (unpaired) electrons. The Morgan fingerprint density at radius 2 is 1.67 bits per heavy atom. The molecule has 0 amide bonds. The van der Waals surface area contributed by atoms with E-state index in [0.717, 1.165) is 10.6 Å². The molecule has 1 rings (SSSR count). The molecule has 0 aliphatic carbocycles. The molecule has 1 aromatic carbocycles. The zero-order chi connectivity index (χ0) is 9.30. The highest BCUT2D eigenvalue weighted by Crippen LogP contribution is 2.24. The Kier molecular flexibility index (Phi) is 3.13. The summed E-state index contributed by atoms with van der Waals surface area (Å²) in [6.45, 7) is 6.38. The van der Waals surface area contributed by atoms with Crippen molar-refractivity contribution >= 4 is 25.3 Å². The molecular weight excluding hydrogens is 184 g/mol. The second-order valence-electron chi connectivity index (χ2n) is 3.09. The topological polar surface area (TPSA) is 0 Å². The maximum atomic E-state index is 4.40. The van der Waals surface area contributed by atoms with Crippen LogP contribution < -0.4 is 0 Å². The van der Waals surface area contributed by atoms with Crippen molar-refractivity contribution in [2.24, 2.45) is 0 Å². The van der Waals surface area contributed by atoms with Crippen molar-refractivity contribution in [2.75, 3.05) is 0 Å². The number of hydrogen-bond donors (Lipinski definition) is 2. The van der Waals surface area contributed by atoms with Crippen molar-refractivity contribution in [1.82, 2.24) is 0 Å². The molecule has 0 saturated carbocycles. The Balaban J connectivity index is 3.39. The number of benzene rings is 1. The third-order valence-electron chi connectivity index (χ3n) is 2.47. The predicted molar refractivity (Wildman–Crippen MR) is 60.6 cm³/mol. The monoisotopic (exact) mass is 198 g/mol. The molecule has 0 aliphatic heterocycles. The molecule has 2 heteroatoms. The van der Waals surface area contributed by atoms with E-state index >= 15 is 0 Å². The summed E-state index contributed by atoms with van der Waals surface area (Å²) in [7, 11) is 0. The largest absolute Gasteiger partial charge is 0.175 e. The fourth-order valence-electron chi connectivity index (χ4n) is 1.26. The van der Waals surface area contributed by atoms with Crippen LogP contribution in [0.2, 0.25) is 0 Å². The standard InChI is InChI=1S/C10H14S2/c1-6-7(2)9(5-11)4-10(12)8(6)3/h4,11-12H,5H2,1-3H3. The summed E-state index contributed by atoms with van der Waals surface area (Å²) in [4.78, 5) is 1.07. The van der Waals surface area contributed by atoms with Crippen molar-refractivity contribution in [1.29, 1.82) is 0 Å². The Morgan fingerprint density at radius 1 is 1.08 bits per heavy atom. The van der Waals surface area contributed by atoms with E-state index in [1.165, 1.54) is 22.3 Å². The first-order valence-electron chi connectivity index (χ1n) is 3.97. The van der Waals surface area contributed by atoms with Crippen LogP contribution in [0.25, 0.3) is 0 Å². The summed E-state index contributed by atoms with van der Waals surface area (Å²) in [5.41, 5.74) is 5.25. The van der Waals surface area contributed by atoms with Crippen LogP contribution in [0.1, 0.15) is 22.3 Å². The predicted octanol–water partition coefficient (Wildman–Crippen LogP) is 3.33. The lowest BCUT2D eigenvalue weighted by Gasteiger charge is -2.11. The van der Waals surface area contributed by atoms with Gasteiger partial charge in [-0.25, -0.2) is 0 Å². The fraction of sp³-hybridized carbons (Fsp3) is 0.400. The summed E-state index contributed by atoms with van der Waals surface area (Å²) in [5.74, 6) is 0.792. The molecule has 0 bridgehead atoms. The van der Waals surface area contributed by atoms with E-state index in [4.69, 9.17) is 0 Å². The van der Waals surface area contributed by atoms with Crippen molar-refractivity contribution < 1.29 is 0 Å². The zero-order valence-electron chi connectivity index (χ0n) is 7.68. The van der Waals surface area contributed by atoms with E-state index in [2.05, 4.69) is 52.1 Å². The molecule has 0 aliphatic rings. The van der Waals surface area contributed by atoms with Gasteiger partial charge in [-0.05, 0) is 49.1 Å². The zero-order valence-corrected chi connectivity index (χ0v) is 9.47. The molecule has 0 nitrogen and oxygen atoms in total. The quantitative estimate of drug-likeness (QED) is 0.635. The van der Waals surface area contributed by atoms with Crippen LogP contribution >= 0.6 is 25.3 Å². The minimum absolute atomic E-state index is 0.792. The van der Waals surface area contributed by atoms with E-state index in [9.17, 15) is 0 Å². The van der Waals surface area contributed by atoms with Gasteiger partial charge in [0.25, 0.3) is 0 Å². The summed E-state index contributed by atoms with van der Waals surface area (Å²) < 4.78 is 0. The van der Waals surface area contributed by atoms with Gasteiger partial charge in [-0.15, -0.1) is 12.6 Å². The van der Waals surface area contributed by atoms with Crippen molar-refractivity contribution in [2.45, 2.75) is 31.4 Å². The molecule has 0 N–H and O–H groups in total. The molecule has 66 valence electrons. The summed E-state index contributed by atoms with van der Waals surface area (Å²) >= 11 is 8.68. The van der Waals surface area contributed by atoms with Gasteiger partial charge in [0.2, 0.25) is 0 Å². The van der Waals surface area contributed by atoms with Crippen LogP contribution in [0, 0.1) is 20.8 Å². The maximum absolute atomic E-state index is 4.40. The summed E-state index contributed by atoms with van der Waals surface area (Å²) in [6.07, 6.45) is 0. The van der Waals surface area contributed by atoms with Gasteiger partial charge in [0, 0.05) is 10.6 Å². The van der Waals surface area contributed by atoms with Gasteiger partial charge >= 0.3 is 0 Å². The first-order valence-corrected chi connectivity index (χ1v) is 5.05. The van der Waals surface area contributed by atoms with Crippen LogP contribution in [-0.2, 0) is 5.75 Å². The van der Waals surface area contributed by atoms with E-state index in [1.807, 2.05) is 0 Å². The molecule has 0 fully saturated rings. The second-order valence-corrected chi connectivity index (χ2v) is 3.89. The molecule has 0 spiro atoms. The third kappa shape index (κ3) is 1.64. The lowest BCUT2D eigenvalue weighted by Crippen LogP contribution is -1.93. The van der Waals surface area contributed by atoms with Gasteiger partial charge in [-0.2, -0.15) is 12.6 Å². The number of thiol groups is 2. The van der Waals surface area contributed by atoms with Crippen LogP contribution in [0.5, 0.6) is 0 Å².